The van der Waals surface area contributed by atoms with E-state index in [1.165, 1.54) is 11.8 Å². The van der Waals surface area contributed by atoms with Crippen LogP contribution in [0.2, 0.25) is 0 Å². The van der Waals surface area contributed by atoms with Crippen LogP contribution in [0.15, 0.2) is 5.16 Å². The summed E-state index contributed by atoms with van der Waals surface area (Å²) >= 11 is 1.45. The highest BCUT2D eigenvalue weighted by Gasteiger charge is 2.09. The van der Waals surface area contributed by atoms with E-state index in [2.05, 4.69) is 15.5 Å². The van der Waals surface area contributed by atoms with Crippen molar-refractivity contribution in [1.82, 2.24) is 20.2 Å². The predicted octanol–water partition coefficient (Wildman–Crippen LogP) is -0.451. The number of aromatic nitrogens is 4. The second-order valence-corrected chi connectivity index (χ2v) is 6.95. The number of tetrazole rings is 1. The molecular weight excluding hydrogens is 262 g/mol. The maximum absolute atomic E-state index is 11.3. The first-order valence-electron chi connectivity index (χ1n) is 5.38. The third-order valence-corrected chi connectivity index (χ3v) is 4.94. The fraction of sp³-hybridized carbons (Fsp3) is 0.875. The molecule has 0 spiro atoms. The highest BCUT2D eigenvalue weighted by molar-refractivity contribution is 7.99. The third-order valence-electron chi connectivity index (χ3n) is 2.11. The van der Waals surface area contributed by atoms with Crippen LogP contribution in [0, 0.1) is 0 Å². The van der Waals surface area contributed by atoms with E-state index < -0.39 is 9.84 Å². The zero-order valence-electron chi connectivity index (χ0n) is 9.74. The molecule has 0 radical (unpaired) electrons. The molecule has 1 aromatic heterocycles. The molecule has 9 heteroatoms. The van der Waals surface area contributed by atoms with Crippen molar-refractivity contribution in [1.29, 1.82) is 0 Å². The molecule has 0 aliphatic rings. The molecule has 0 aliphatic carbocycles. The van der Waals surface area contributed by atoms with Crippen molar-refractivity contribution in [3.05, 3.63) is 0 Å². The molecule has 1 aromatic rings. The van der Waals surface area contributed by atoms with Crippen LogP contribution >= 0.6 is 11.8 Å². The molecule has 1 heterocycles. The van der Waals surface area contributed by atoms with Gasteiger partial charge in [0.25, 0.3) is 0 Å². The van der Waals surface area contributed by atoms with Gasteiger partial charge in [-0.3, -0.25) is 0 Å². The van der Waals surface area contributed by atoms with Gasteiger partial charge in [-0.1, -0.05) is 18.7 Å². The molecular formula is C8H17N5O2S2. The Labute approximate surface area is 105 Å². The van der Waals surface area contributed by atoms with Crippen LogP contribution in [0.3, 0.4) is 0 Å². The molecule has 0 atom stereocenters. The van der Waals surface area contributed by atoms with Gasteiger partial charge in [-0.2, -0.15) is 0 Å². The van der Waals surface area contributed by atoms with E-state index in [0.717, 1.165) is 0 Å². The Balaban J connectivity index is 2.33. The maximum atomic E-state index is 11.3. The topological polar surface area (TPSA) is 104 Å². The highest BCUT2D eigenvalue weighted by atomic mass is 32.2. The van der Waals surface area contributed by atoms with Crippen molar-refractivity contribution in [3.8, 4) is 0 Å². The van der Waals surface area contributed by atoms with Crippen molar-refractivity contribution in [3.63, 3.8) is 0 Å². The first-order chi connectivity index (χ1) is 8.09. The predicted molar refractivity (Wildman–Crippen MR) is 66.5 cm³/mol. The third kappa shape index (κ3) is 5.00. The molecule has 17 heavy (non-hydrogen) atoms. The van der Waals surface area contributed by atoms with E-state index in [1.807, 2.05) is 0 Å². The van der Waals surface area contributed by atoms with Crippen molar-refractivity contribution in [2.75, 3.05) is 23.8 Å². The standard InChI is InChI=1S/C8H17N5O2S2/c1-2-17(14,15)7-3-6-16-8-10-11-12-13(8)5-4-9/h2-7,9H2,1H3. The number of thioether (sulfide) groups is 1. The van der Waals surface area contributed by atoms with E-state index in [9.17, 15) is 8.42 Å². The summed E-state index contributed by atoms with van der Waals surface area (Å²) in [5.41, 5.74) is 5.41. The number of sulfone groups is 1. The minimum absolute atomic E-state index is 0.197. The first-order valence-corrected chi connectivity index (χ1v) is 8.19. The van der Waals surface area contributed by atoms with Gasteiger partial charge in [-0.25, -0.2) is 13.1 Å². The van der Waals surface area contributed by atoms with E-state index in [-0.39, 0.29) is 11.5 Å². The molecule has 0 aliphatic heterocycles. The van der Waals surface area contributed by atoms with Gasteiger partial charge in [0.15, 0.2) is 0 Å². The lowest BCUT2D eigenvalue weighted by Crippen LogP contribution is -2.12. The molecule has 0 amide bonds. The number of hydrogen-bond acceptors (Lipinski definition) is 7. The fourth-order valence-electron chi connectivity index (χ4n) is 1.15. The van der Waals surface area contributed by atoms with Crippen molar-refractivity contribution >= 4 is 21.6 Å². The largest absolute Gasteiger partial charge is 0.329 e. The Hall–Kier alpha value is -0.670. The lowest BCUT2D eigenvalue weighted by atomic mass is 10.6. The van der Waals surface area contributed by atoms with E-state index >= 15 is 0 Å². The van der Waals surface area contributed by atoms with Gasteiger partial charge >= 0.3 is 0 Å². The van der Waals surface area contributed by atoms with Gasteiger partial charge in [0, 0.05) is 18.1 Å². The monoisotopic (exact) mass is 279 g/mol. The average Bonchev–Trinajstić information content (AvgIpc) is 2.73. The Bertz CT molecular complexity index is 431. The van der Waals surface area contributed by atoms with Crippen LogP contribution in [0.4, 0.5) is 0 Å². The van der Waals surface area contributed by atoms with Gasteiger partial charge in [-0.15, -0.1) is 5.10 Å². The smallest absolute Gasteiger partial charge is 0.209 e. The molecule has 7 nitrogen and oxygen atoms in total. The molecule has 0 bridgehead atoms. The zero-order chi connectivity index (χ0) is 12.7. The van der Waals surface area contributed by atoms with E-state index in [1.54, 1.807) is 11.6 Å². The van der Waals surface area contributed by atoms with Crippen LogP contribution < -0.4 is 5.73 Å². The maximum Gasteiger partial charge on any atom is 0.209 e. The van der Waals surface area contributed by atoms with E-state index in [4.69, 9.17) is 5.73 Å². The van der Waals surface area contributed by atoms with Crippen molar-refractivity contribution in [2.45, 2.75) is 25.0 Å². The first kappa shape index (κ1) is 14.4. The second kappa shape index (κ2) is 6.92. The van der Waals surface area contributed by atoms with Gasteiger partial charge in [0.1, 0.15) is 9.84 Å². The number of nitrogens with two attached hydrogens (primary N) is 1. The molecule has 0 unspecified atom stereocenters. The fourth-order valence-corrected chi connectivity index (χ4v) is 3.05. The van der Waals surface area contributed by atoms with Gasteiger partial charge in [-0.05, 0) is 16.8 Å². The summed E-state index contributed by atoms with van der Waals surface area (Å²) < 4.78 is 24.1. The van der Waals surface area contributed by atoms with Crippen LogP contribution in [-0.4, -0.2) is 52.4 Å². The zero-order valence-corrected chi connectivity index (χ0v) is 11.4. The lowest BCUT2D eigenvalue weighted by molar-refractivity contribution is 0.557. The molecule has 0 aromatic carbocycles. The summed E-state index contributed by atoms with van der Waals surface area (Å²) in [5, 5.41) is 11.9. The quantitative estimate of drug-likeness (QED) is 0.507. The summed E-state index contributed by atoms with van der Waals surface area (Å²) in [7, 11) is -2.87. The molecule has 2 N–H and O–H groups in total. The normalized spacial score (nSPS) is 11.9. The minimum Gasteiger partial charge on any atom is -0.329 e. The molecule has 0 saturated heterocycles. The summed E-state index contributed by atoms with van der Waals surface area (Å²) in [6.07, 6.45) is 0.607. The number of hydrogen-bond donors (Lipinski definition) is 1. The van der Waals surface area contributed by atoms with Crippen molar-refractivity contribution < 1.29 is 8.42 Å². The summed E-state index contributed by atoms with van der Waals surface area (Å²) in [6.45, 7) is 2.70. The van der Waals surface area contributed by atoms with Crippen LogP contribution in [0.1, 0.15) is 13.3 Å². The SMILES string of the molecule is CCS(=O)(=O)CCCSc1nnnn1CCN. The number of nitrogens with zero attached hydrogens (tertiary/aromatic N) is 4. The summed E-state index contributed by atoms with van der Waals surface area (Å²) in [6, 6.07) is 0. The van der Waals surface area contributed by atoms with Crippen molar-refractivity contribution in [2.24, 2.45) is 5.73 Å². The number of rotatable bonds is 8. The van der Waals surface area contributed by atoms with Crippen LogP contribution in [0.5, 0.6) is 0 Å². The second-order valence-electron chi connectivity index (χ2n) is 3.41. The van der Waals surface area contributed by atoms with E-state index in [0.29, 0.717) is 30.4 Å². The van der Waals surface area contributed by atoms with Gasteiger partial charge in [0.05, 0.1) is 12.3 Å². The Kier molecular flexibility index (Phi) is 5.86. The van der Waals surface area contributed by atoms with Gasteiger partial charge < -0.3 is 5.73 Å². The Morgan fingerprint density at radius 2 is 2.24 bits per heavy atom. The Morgan fingerprint density at radius 1 is 1.47 bits per heavy atom. The van der Waals surface area contributed by atoms with Gasteiger partial charge in [0.2, 0.25) is 5.16 Å². The molecule has 98 valence electrons. The molecule has 0 fully saturated rings. The highest BCUT2D eigenvalue weighted by Crippen LogP contribution is 2.14. The molecule has 1 rings (SSSR count). The average molecular weight is 279 g/mol. The minimum atomic E-state index is -2.87. The van der Waals surface area contributed by atoms with Crippen LogP contribution in [0.25, 0.3) is 0 Å². The lowest BCUT2D eigenvalue weighted by Gasteiger charge is -2.02. The molecule has 0 saturated carbocycles. The summed E-state index contributed by atoms with van der Waals surface area (Å²) in [4.78, 5) is 0. The summed E-state index contributed by atoms with van der Waals surface area (Å²) in [5.74, 6) is 1.10. The van der Waals surface area contributed by atoms with Crippen LogP contribution in [-0.2, 0) is 16.4 Å². The Morgan fingerprint density at radius 3 is 2.88 bits per heavy atom.